The van der Waals surface area contributed by atoms with Gasteiger partial charge in [0.1, 0.15) is 6.04 Å². The number of carbonyl (C=O) groups excluding carboxylic acids is 2. The number of pyridine rings is 1. The Morgan fingerprint density at radius 1 is 1.48 bits per heavy atom. The van der Waals surface area contributed by atoms with Crippen molar-refractivity contribution in [3.63, 3.8) is 0 Å². The van der Waals surface area contributed by atoms with E-state index in [1.165, 1.54) is 25.3 Å². The minimum atomic E-state index is -1.22. The second kappa shape index (κ2) is 7.83. The van der Waals surface area contributed by atoms with E-state index in [2.05, 4.69) is 15.0 Å². The van der Waals surface area contributed by atoms with Crippen LogP contribution in [0.25, 0.3) is 0 Å². The zero-order valence-corrected chi connectivity index (χ0v) is 11.8. The molecule has 1 aromatic rings. The molecule has 0 radical (unpaired) electrons. The number of hydrogen-bond acceptors (Lipinski definition) is 5. The van der Waals surface area contributed by atoms with Crippen LogP contribution in [-0.2, 0) is 14.3 Å². The summed E-state index contributed by atoms with van der Waals surface area (Å²) in [5, 5.41) is 11.4. The molecule has 2 amide bonds. The average molecular weight is 295 g/mol. The van der Waals surface area contributed by atoms with Gasteiger partial charge in [0.15, 0.2) is 0 Å². The predicted octanol–water partition coefficient (Wildman–Crippen LogP) is 0.634. The lowest BCUT2D eigenvalue weighted by atomic mass is 10.1. The molecule has 0 aliphatic heterocycles. The number of hydrogen-bond donors (Lipinski definition) is 2. The van der Waals surface area contributed by atoms with E-state index in [-0.39, 0.29) is 12.8 Å². The Bertz CT molecular complexity index is 506. The van der Waals surface area contributed by atoms with E-state index in [4.69, 9.17) is 5.11 Å². The van der Waals surface area contributed by atoms with Gasteiger partial charge in [-0.3, -0.25) is 14.7 Å². The van der Waals surface area contributed by atoms with Gasteiger partial charge in [0.05, 0.1) is 19.0 Å². The molecular formula is C13H17N3O5. The zero-order valence-electron chi connectivity index (χ0n) is 11.8. The predicted molar refractivity (Wildman–Crippen MR) is 73.8 cm³/mol. The van der Waals surface area contributed by atoms with Crippen molar-refractivity contribution in [2.75, 3.05) is 19.1 Å². The molecule has 0 spiro atoms. The van der Waals surface area contributed by atoms with E-state index >= 15 is 0 Å². The fourth-order valence-corrected chi connectivity index (χ4v) is 1.54. The molecule has 0 bridgehead atoms. The fourth-order valence-electron chi connectivity index (χ4n) is 1.54. The van der Waals surface area contributed by atoms with Crippen LogP contribution in [0.2, 0.25) is 0 Å². The van der Waals surface area contributed by atoms with Gasteiger partial charge < -0.3 is 15.2 Å². The Hall–Kier alpha value is -2.64. The summed E-state index contributed by atoms with van der Waals surface area (Å²) in [7, 11) is 2.71. The highest BCUT2D eigenvalue weighted by molar-refractivity contribution is 5.93. The maximum Gasteiger partial charge on any atom is 0.326 e. The number of esters is 1. The number of carbonyl (C=O) groups is 3. The summed E-state index contributed by atoms with van der Waals surface area (Å²) in [6.45, 7) is 0. The van der Waals surface area contributed by atoms with Crippen molar-refractivity contribution in [3.8, 4) is 0 Å². The highest BCUT2D eigenvalue weighted by atomic mass is 16.5. The Labute approximate surface area is 121 Å². The maximum atomic E-state index is 12.0. The third-order valence-electron chi connectivity index (χ3n) is 2.80. The highest BCUT2D eigenvalue weighted by Crippen LogP contribution is 2.10. The number of nitrogens with one attached hydrogen (secondary N) is 1. The minimum absolute atomic E-state index is 0.0470. The third kappa shape index (κ3) is 5.09. The second-order valence-electron chi connectivity index (χ2n) is 4.23. The van der Waals surface area contributed by atoms with Gasteiger partial charge in [-0.1, -0.05) is 0 Å². The van der Waals surface area contributed by atoms with E-state index in [0.717, 1.165) is 0 Å². The molecule has 8 nitrogen and oxygen atoms in total. The Kier molecular flexibility index (Phi) is 6.12. The summed E-state index contributed by atoms with van der Waals surface area (Å²) >= 11 is 0. The van der Waals surface area contributed by atoms with Crippen molar-refractivity contribution in [2.24, 2.45) is 0 Å². The van der Waals surface area contributed by atoms with Crippen molar-refractivity contribution in [3.05, 3.63) is 24.5 Å². The van der Waals surface area contributed by atoms with Gasteiger partial charge >= 0.3 is 18.0 Å². The number of amides is 2. The number of carboxylic acid groups (broad SMARTS) is 1. The smallest absolute Gasteiger partial charge is 0.326 e. The van der Waals surface area contributed by atoms with Gasteiger partial charge in [0.2, 0.25) is 0 Å². The fraction of sp³-hybridized carbons (Fsp3) is 0.385. The van der Waals surface area contributed by atoms with Crippen molar-refractivity contribution < 1.29 is 24.2 Å². The molecule has 0 unspecified atom stereocenters. The standard InChI is InChI=1S/C13H17N3O5/c1-16(9-4-3-7-14-8-9)13(20)15-10(12(18)19)5-6-11(17)21-2/h3-4,7-8,10H,5-6H2,1-2H3,(H,15,20)(H,18,19)/t10-/m0/s1. The van der Waals surface area contributed by atoms with Crippen LogP contribution in [0.4, 0.5) is 10.5 Å². The second-order valence-corrected chi connectivity index (χ2v) is 4.23. The zero-order chi connectivity index (χ0) is 15.8. The van der Waals surface area contributed by atoms with Crippen LogP contribution in [0, 0.1) is 0 Å². The molecule has 1 rings (SSSR count). The van der Waals surface area contributed by atoms with Crippen molar-refractivity contribution in [2.45, 2.75) is 18.9 Å². The van der Waals surface area contributed by atoms with E-state index < -0.39 is 24.0 Å². The summed E-state index contributed by atoms with van der Waals surface area (Å²) in [6, 6.07) is 1.55. The first-order chi connectivity index (χ1) is 9.95. The SMILES string of the molecule is COC(=O)CC[C@H](NC(=O)N(C)c1cccnc1)C(=O)O. The van der Waals surface area contributed by atoms with Gasteiger partial charge in [-0.2, -0.15) is 0 Å². The first kappa shape index (κ1) is 16.4. The minimum Gasteiger partial charge on any atom is -0.480 e. The molecule has 0 saturated heterocycles. The van der Waals surface area contributed by atoms with Gasteiger partial charge in [-0.05, 0) is 18.6 Å². The van der Waals surface area contributed by atoms with E-state index in [1.54, 1.807) is 18.3 Å². The Morgan fingerprint density at radius 3 is 2.71 bits per heavy atom. The van der Waals surface area contributed by atoms with Crippen LogP contribution in [0.5, 0.6) is 0 Å². The van der Waals surface area contributed by atoms with E-state index in [9.17, 15) is 14.4 Å². The molecular weight excluding hydrogens is 278 g/mol. The van der Waals surface area contributed by atoms with Crippen LogP contribution in [0.1, 0.15) is 12.8 Å². The Morgan fingerprint density at radius 2 is 2.19 bits per heavy atom. The summed E-state index contributed by atoms with van der Waals surface area (Å²) in [6.07, 6.45) is 2.90. The van der Waals surface area contributed by atoms with Gasteiger partial charge in [-0.15, -0.1) is 0 Å². The van der Waals surface area contributed by atoms with Crippen LogP contribution >= 0.6 is 0 Å². The molecule has 1 atom stereocenters. The van der Waals surface area contributed by atoms with Crippen LogP contribution in [-0.4, -0.2) is 48.3 Å². The van der Waals surface area contributed by atoms with E-state index in [1.807, 2.05) is 0 Å². The summed E-state index contributed by atoms with van der Waals surface area (Å²) < 4.78 is 4.44. The molecule has 0 aromatic carbocycles. The van der Waals surface area contributed by atoms with Crippen LogP contribution in [0.3, 0.4) is 0 Å². The van der Waals surface area contributed by atoms with E-state index in [0.29, 0.717) is 5.69 Å². The first-order valence-corrected chi connectivity index (χ1v) is 6.19. The maximum absolute atomic E-state index is 12.0. The van der Waals surface area contributed by atoms with Gasteiger partial charge in [0.25, 0.3) is 0 Å². The topological polar surface area (TPSA) is 109 Å². The lowest BCUT2D eigenvalue weighted by Crippen LogP contribution is -2.47. The molecule has 8 heteroatoms. The number of nitrogens with zero attached hydrogens (tertiary/aromatic N) is 2. The summed E-state index contributed by atoms with van der Waals surface area (Å²) in [5.74, 6) is -1.75. The van der Waals surface area contributed by atoms with Crippen molar-refractivity contribution in [1.29, 1.82) is 0 Å². The van der Waals surface area contributed by atoms with Gasteiger partial charge in [0, 0.05) is 19.7 Å². The van der Waals surface area contributed by atoms with Crippen LogP contribution < -0.4 is 10.2 Å². The number of urea groups is 1. The molecule has 0 fully saturated rings. The van der Waals surface area contributed by atoms with Gasteiger partial charge in [-0.25, -0.2) is 9.59 Å². The number of anilines is 1. The number of aromatic nitrogens is 1. The van der Waals surface area contributed by atoms with Crippen molar-refractivity contribution in [1.82, 2.24) is 10.3 Å². The molecule has 1 aromatic heterocycles. The van der Waals surface area contributed by atoms with Crippen molar-refractivity contribution >= 4 is 23.7 Å². The lowest BCUT2D eigenvalue weighted by Gasteiger charge is -2.21. The quantitative estimate of drug-likeness (QED) is 0.745. The normalized spacial score (nSPS) is 11.3. The first-order valence-electron chi connectivity index (χ1n) is 6.19. The number of carboxylic acids is 1. The molecule has 21 heavy (non-hydrogen) atoms. The highest BCUT2D eigenvalue weighted by Gasteiger charge is 2.23. The number of methoxy groups -OCH3 is 1. The summed E-state index contributed by atoms with van der Waals surface area (Å²) in [4.78, 5) is 39.2. The summed E-state index contributed by atoms with van der Waals surface area (Å²) in [5.41, 5.74) is 0.520. The molecule has 1 heterocycles. The average Bonchev–Trinajstić information content (AvgIpc) is 2.50. The number of aliphatic carboxylic acids is 1. The van der Waals surface area contributed by atoms with Crippen LogP contribution in [0.15, 0.2) is 24.5 Å². The number of ether oxygens (including phenoxy) is 1. The molecule has 2 N–H and O–H groups in total. The Balaban J connectivity index is 2.64. The monoisotopic (exact) mass is 295 g/mol. The third-order valence-corrected chi connectivity index (χ3v) is 2.80. The molecule has 0 aliphatic carbocycles. The molecule has 0 aliphatic rings. The number of rotatable bonds is 6. The largest absolute Gasteiger partial charge is 0.480 e. The lowest BCUT2D eigenvalue weighted by molar-refractivity contribution is -0.142. The molecule has 0 saturated carbocycles. The molecule has 114 valence electrons.